The van der Waals surface area contributed by atoms with Crippen molar-refractivity contribution in [1.82, 2.24) is 5.32 Å². The second-order valence-electron chi connectivity index (χ2n) is 8.46. The molecule has 6 nitrogen and oxygen atoms in total. The molecule has 1 aromatic heterocycles. The molecule has 0 bridgehead atoms. The lowest BCUT2D eigenvalue weighted by molar-refractivity contribution is -0.116. The van der Waals surface area contributed by atoms with Crippen LogP contribution >= 0.6 is 0 Å². The van der Waals surface area contributed by atoms with Crippen molar-refractivity contribution in [3.05, 3.63) is 83.6 Å². The molecule has 1 amide bonds. The third kappa shape index (κ3) is 5.23. The van der Waals surface area contributed by atoms with E-state index in [4.69, 9.17) is 18.6 Å². The van der Waals surface area contributed by atoms with Crippen LogP contribution in [0.3, 0.4) is 0 Å². The van der Waals surface area contributed by atoms with E-state index in [0.29, 0.717) is 18.9 Å². The van der Waals surface area contributed by atoms with Gasteiger partial charge in [-0.25, -0.2) is 0 Å². The van der Waals surface area contributed by atoms with Gasteiger partial charge in [0.05, 0.1) is 27.1 Å². The zero-order chi connectivity index (χ0) is 25.7. The summed E-state index contributed by atoms with van der Waals surface area (Å²) in [4.78, 5) is 12.8. The Morgan fingerprint density at radius 1 is 1.03 bits per heavy atom. The Morgan fingerprint density at radius 3 is 2.47 bits per heavy atom. The van der Waals surface area contributed by atoms with Gasteiger partial charge in [-0.2, -0.15) is 0 Å². The Hall–Kier alpha value is -4.19. The second-order valence-corrected chi connectivity index (χ2v) is 8.46. The molecule has 0 aliphatic heterocycles. The average molecular weight is 486 g/mol. The Morgan fingerprint density at radius 2 is 1.78 bits per heavy atom. The van der Waals surface area contributed by atoms with E-state index in [1.54, 1.807) is 26.6 Å². The van der Waals surface area contributed by atoms with Gasteiger partial charge in [0, 0.05) is 34.7 Å². The van der Waals surface area contributed by atoms with Gasteiger partial charge in [-0.15, -0.1) is 0 Å². The molecule has 0 unspecified atom stereocenters. The smallest absolute Gasteiger partial charge is 0.244 e. The number of benzene rings is 3. The summed E-state index contributed by atoms with van der Waals surface area (Å²) in [6.45, 7) is 6.76. The standard InChI is InChI=1S/C30H31NO5/c1-6-35-29-20(3)30-26(27(18-36-30)22-8-7-9-24(15-22)34-5)16-25(29)19(2)14-28(32)31-17-21-10-12-23(33-4)13-11-21/h7-16,18H,6,17H2,1-5H3,(H,31,32)/b19-14+. The van der Waals surface area contributed by atoms with Crippen molar-refractivity contribution < 1.29 is 23.4 Å². The number of fused-ring (bicyclic) bond motifs is 1. The van der Waals surface area contributed by atoms with E-state index in [2.05, 4.69) is 5.32 Å². The Labute approximate surface area is 211 Å². The molecule has 0 aliphatic carbocycles. The molecule has 0 atom stereocenters. The molecule has 0 saturated heterocycles. The van der Waals surface area contributed by atoms with Gasteiger partial charge >= 0.3 is 0 Å². The second kappa shape index (κ2) is 11.0. The van der Waals surface area contributed by atoms with Crippen molar-refractivity contribution >= 4 is 22.4 Å². The predicted octanol–water partition coefficient (Wildman–Crippen LogP) is 6.54. The summed E-state index contributed by atoms with van der Waals surface area (Å²) in [5, 5.41) is 3.91. The van der Waals surface area contributed by atoms with Crippen molar-refractivity contribution in [2.75, 3.05) is 20.8 Å². The van der Waals surface area contributed by atoms with Gasteiger partial charge in [0.15, 0.2) is 0 Å². The molecule has 0 aliphatic rings. The molecular formula is C30H31NO5. The number of furan rings is 1. The van der Waals surface area contributed by atoms with Gasteiger partial charge in [0.2, 0.25) is 5.91 Å². The number of carbonyl (C=O) groups is 1. The van der Waals surface area contributed by atoms with Crippen LogP contribution in [0.2, 0.25) is 0 Å². The van der Waals surface area contributed by atoms with E-state index in [1.807, 2.05) is 75.4 Å². The zero-order valence-corrected chi connectivity index (χ0v) is 21.3. The number of nitrogens with one attached hydrogen (secondary N) is 1. The molecule has 1 N–H and O–H groups in total. The first-order valence-corrected chi connectivity index (χ1v) is 11.9. The molecule has 36 heavy (non-hydrogen) atoms. The van der Waals surface area contributed by atoms with Crippen LogP contribution in [-0.2, 0) is 11.3 Å². The van der Waals surface area contributed by atoms with Crippen molar-refractivity contribution in [1.29, 1.82) is 0 Å². The van der Waals surface area contributed by atoms with Gasteiger partial charge in [0.1, 0.15) is 22.8 Å². The van der Waals surface area contributed by atoms with Crippen LogP contribution in [-0.4, -0.2) is 26.7 Å². The summed E-state index contributed by atoms with van der Waals surface area (Å²) >= 11 is 0. The summed E-state index contributed by atoms with van der Waals surface area (Å²) in [7, 11) is 3.28. The fraction of sp³-hybridized carbons (Fsp3) is 0.233. The monoisotopic (exact) mass is 485 g/mol. The number of hydrogen-bond donors (Lipinski definition) is 1. The summed E-state index contributed by atoms with van der Waals surface area (Å²) in [5.41, 5.74) is 6.24. The highest BCUT2D eigenvalue weighted by Gasteiger charge is 2.19. The molecule has 0 saturated carbocycles. The number of allylic oxidation sites excluding steroid dienone is 1. The Bertz CT molecular complexity index is 1400. The minimum absolute atomic E-state index is 0.177. The topological polar surface area (TPSA) is 69.9 Å². The van der Waals surface area contributed by atoms with Crippen LogP contribution in [0.5, 0.6) is 17.2 Å². The average Bonchev–Trinajstić information content (AvgIpc) is 3.33. The number of ether oxygens (including phenoxy) is 3. The Kier molecular flexibility index (Phi) is 7.64. The van der Waals surface area contributed by atoms with Gasteiger partial charge in [-0.1, -0.05) is 24.3 Å². The normalized spacial score (nSPS) is 11.4. The fourth-order valence-electron chi connectivity index (χ4n) is 4.21. The fourth-order valence-corrected chi connectivity index (χ4v) is 4.21. The summed E-state index contributed by atoms with van der Waals surface area (Å²) in [6, 6.07) is 17.5. The molecule has 186 valence electrons. The van der Waals surface area contributed by atoms with Crippen LogP contribution in [0.15, 0.2) is 71.4 Å². The molecule has 3 aromatic carbocycles. The van der Waals surface area contributed by atoms with Gasteiger partial charge in [-0.3, -0.25) is 4.79 Å². The Balaban J connectivity index is 1.67. The number of hydrogen-bond acceptors (Lipinski definition) is 5. The first-order valence-electron chi connectivity index (χ1n) is 11.9. The minimum atomic E-state index is -0.177. The minimum Gasteiger partial charge on any atom is -0.497 e. The van der Waals surface area contributed by atoms with Crippen molar-refractivity contribution in [3.8, 4) is 28.4 Å². The molecule has 0 spiro atoms. The van der Waals surface area contributed by atoms with Gasteiger partial charge < -0.3 is 23.9 Å². The highest BCUT2D eigenvalue weighted by atomic mass is 16.5. The number of amides is 1. The van der Waals surface area contributed by atoms with E-state index in [9.17, 15) is 4.79 Å². The van der Waals surface area contributed by atoms with Crippen molar-refractivity contribution in [2.45, 2.75) is 27.3 Å². The molecule has 6 heteroatoms. The maximum absolute atomic E-state index is 12.8. The van der Waals surface area contributed by atoms with Crippen LogP contribution in [0.4, 0.5) is 0 Å². The SMILES string of the molecule is CCOc1c(/C(C)=C/C(=O)NCc2ccc(OC)cc2)cc2c(-c3cccc(OC)c3)coc2c1C. The zero-order valence-electron chi connectivity index (χ0n) is 21.3. The summed E-state index contributed by atoms with van der Waals surface area (Å²) < 4.78 is 22.6. The van der Waals surface area contributed by atoms with Crippen LogP contribution < -0.4 is 19.5 Å². The van der Waals surface area contributed by atoms with Crippen LogP contribution in [0.1, 0.15) is 30.5 Å². The van der Waals surface area contributed by atoms with Gasteiger partial charge in [0.25, 0.3) is 0 Å². The van der Waals surface area contributed by atoms with E-state index < -0.39 is 0 Å². The third-order valence-electron chi connectivity index (χ3n) is 6.11. The number of rotatable bonds is 9. The largest absolute Gasteiger partial charge is 0.497 e. The van der Waals surface area contributed by atoms with E-state index in [0.717, 1.165) is 55.9 Å². The predicted molar refractivity (Wildman–Crippen MR) is 143 cm³/mol. The van der Waals surface area contributed by atoms with Gasteiger partial charge in [-0.05, 0) is 67.8 Å². The lowest BCUT2D eigenvalue weighted by Gasteiger charge is -2.15. The number of methoxy groups -OCH3 is 2. The molecule has 4 aromatic rings. The molecule has 0 fully saturated rings. The van der Waals surface area contributed by atoms with Crippen molar-refractivity contribution in [3.63, 3.8) is 0 Å². The molecular weight excluding hydrogens is 454 g/mol. The van der Waals surface area contributed by atoms with E-state index in [1.165, 1.54) is 0 Å². The number of aryl methyl sites for hydroxylation is 1. The van der Waals surface area contributed by atoms with E-state index in [-0.39, 0.29) is 5.91 Å². The van der Waals surface area contributed by atoms with Crippen molar-refractivity contribution in [2.24, 2.45) is 0 Å². The van der Waals surface area contributed by atoms with Crippen LogP contribution in [0, 0.1) is 6.92 Å². The first kappa shape index (κ1) is 24.9. The van der Waals surface area contributed by atoms with E-state index >= 15 is 0 Å². The first-order chi connectivity index (χ1) is 17.4. The molecule has 1 heterocycles. The summed E-state index contributed by atoms with van der Waals surface area (Å²) in [5.74, 6) is 2.09. The summed E-state index contributed by atoms with van der Waals surface area (Å²) in [6.07, 6.45) is 3.37. The van der Waals surface area contributed by atoms with Crippen LogP contribution in [0.25, 0.3) is 27.7 Å². The maximum Gasteiger partial charge on any atom is 0.244 e. The third-order valence-corrected chi connectivity index (χ3v) is 6.11. The number of carbonyl (C=O) groups excluding carboxylic acids is 1. The molecule has 0 radical (unpaired) electrons. The highest BCUT2D eigenvalue weighted by molar-refractivity contribution is 6.01. The lowest BCUT2D eigenvalue weighted by Crippen LogP contribution is -2.20. The highest BCUT2D eigenvalue weighted by Crippen LogP contribution is 2.41. The maximum atomic E-state index is 12.8. The quantitative estimate of drug-likeness (QED) is 0.273. The molecule has 4 rings (SSSR count). The lowest BCUT2D eigenvalue weighted by atomic mass is 9.96.